The fourth-order valence-electron chi connectivity index (χ4n) is 1.84. The fraction of sp³-hybridized carbons (Fsp3) is 0.455. The van der Waals surface area contributed by atoms with Crippen molar-refractivity contribution in [3.8, 4) is 0 Å². The Kier molecular flexibility index (Phi) is 3.63. The van der Waals surface area contributed by atoms with Crippen LogP contribution < -0.4 is 0 Å². The number of fused-ring (bicyclic) bond motifs is 1. The summed E-state index contributed by atoms with van der Waals surface area (Å²) >= 11 is 4.80. The Labute approximate surface area is 117 Å². The predicted octanol–water partition coefficient (Wildman–Crippen LogP) is 2.29. The lowest BCUT2D eigenvalue weighted by Crippen LogP contribution is -2.35. The first-order valence-electron chi connectivity index (χ1n) is 5.30. The quantitative estimate of drug-likeness (QED) is 0.741. The minimum atomic E-state index is -0.341. The molecule has 18 heavy (non-hydrogen) atoms. The van der Waals surface area contributed by atoms with Crippen molar-refractivity contribution in [2.45, 2.75) is 13.1 Å². The fourth-order valence-corrected chi connectivity index (χ4v) is 3.87. The maximum absolute atomic E-state index is 11.8. The van der Waals surface area contributed by atoms with Gasteiger partial charge < -0.3 is 14.5 Å². The highest BCUT2D eigenvalue weighted by molar-refractivity contribution is 9.10. The summed E-state index contributed by atoms with van der Waals surface area (Å²) in [4.78, 5) is 28.3. The highest BCUT2D eigenvalue weighted by atomic mass is 79.9. The average molecular weight is 333 g/mol. The number of methoxy groups -OCH3 is 1. The second kappa shape index (κ2) is 4.89. The SMILES string of the molecule is COC(=O)c1sc2c(c1Br)CN(C(=O)N(C)C)C2. The minimum Gasteiger partial charge on any atom is -0.465 e. The topological polar surface area (TPSA) is 49.9 Å². The molecule has 2 rings (SSSR count). The van der Waals surface area contributed by atoms with Gasteiger partial charge in [0.2, 0.25) is 0 Å². The van der Waals surface area contributed by atoms with E-state index in [9.17, 15) is 9.59 Å². The van der Waals surface area contributed by atoms with E-state index in [0.29, 0.717) is 18.0 Å². The van der Waals surface area contributed by atoms with Gasteiger partial charge in [0, 0.05) is 29.0 Å². The van der Waals surface area contributed by atoms with E-state index in [2.05, 4.69) is 15.9 Å². The molecule has 0 saturated carbocycles. The molecule has 2 heterocycles. The van der Waals surface area contributed by atoms with Gasteiger partial charge in [-0.3, -0.25) is 0 Å². The van der Waals surface area contributed by atoms with Crippen molar-refractivity contribution in [3.63, 3.8) is 0 Å². The van der Waals surface area contributed by atoms with E-state index in [1.54, 1.807) is 23.9 Å². The van der Waals surface area contributed by atoms with E-state index in [1.807, 2.05) is 0 Å². The number of amides is 2. The van der Waals surface area contributed by atoms with Crippen molar-refractivity contribution in [1.29, 1.82) is 0 Å². The molecule has 0 bridgehead atoms. The van der Waals surface area contributed by atoms with Crippen molar-refractivity contribution in [2.75, 3.05) is 21.2 Å². The van der Waals surface area contributed by atoms with E-state index >= 15 is 0 Å². The number of halogens is 1. The zero-order valence-corrected chi connectivity index (χ0v) is 12.7. The molecule has 1 aromatic heterocycles. The summed E-state index contributed by atoms with van der Waals surface area (Å²) in [5.41, 5.74) is 1.01. The van der Waals surface area contributed by atoms with Crippen LogP contribution in [0.25, 0.3) is 0 Å². The molecule has 0 fully saturated rings. The number of ether oxygens (including phenoxy) is 1. The first-order valence-corrected chi connectivity index (χ1v) is 6.91. The standard InChI is InChI=1S/C11H13BrN2O3S/c1-13(2)11(16)14-4-6-7(5-14)18-9(8(6)12)10(15)17-3/h4-5H2,1-3H3. The Morgan fingerprint density at radius 3 is 2.56 bits per heavy atom. The Balaban J connectivity index is 2.23. The number of urea groups is 1. The number of hydrogen-bond acceptors (Lipinski definition) is 4. The molecule has 0 N–H and O–H groups in total. The Morgan fingerprint density at radius 1 is 1.39 bits per heavy atom. The minimum absolute atomic E-state index is 0.0232. The second-order valence-electron chi connectivity index (χ2n) is 4.17. The Hall–Kier alpha value is -1.08. The van der Waals surface area contributed by atoms with Crippen LogP contribution in [0.1, 0.15) is 20.1 Å². The van der Waals surface area contributed by atoms with Gasteiger partial charge in [-0.1, -0.05) is 0 Å². The van der Waals surface area contributed by atoms with Crippen LogP contribution >= 0.6 is 27.3 Å². The zero-order valence-electron chi connectivity index (χ0n) is 10.3. The molecule has 2 amide bonds. The second-order valence-corrected chi connectivity index (χ2v) is 6.07. The number of carbonyl (C=O) groups is 2. The van der Waals surface area contributed by atoms with Crippen LogP contribution in [0.15, 0.2) is 4.47 Å². The predicted molar refractivity (Wildman–Crippen MR) is 71.7 cm³/mol. The van der Waals surface area contributed by atoms with Gasteiger partial charge >= 0.3 is 12.0 Å². The Bertz CT molecular complexity index is 513. The molecule has 0 unspecified atom stereocenters. The Morgan fingerprint density at radius 2 is 2.06 bits per heavy atom. The molecular weight excluding hydrogens is 320 g/mol. The van der Waals surface area contributed by atoms with Gasteiger partial charge in [0.1, 0.15) is 4.88 Å². The van der Waals surface area contributed by atoms with Crippen LogP contribution in [-0.4, -0.2) is 43.0 Å². The monoisotopic (exact) mass is 332 g/mol. The van der Waals surface area contributed by atoms with E-state index in [4.69, 9.17) is 4.74 Å². The van der Waals surface area contributed by atoms with Gasteiger partial charge in [0.05, 0.1) is 20.2 Å². The summed E-state index contributed by atoms with van der Waals surface area (Å²) < 4.78 is 5.47. The molecule has 1 aliphatic heterocycles. The molecule has 1 aliphatic rings. The summed E-state index contributed by atoms with van der Waals surface area (Å²) in [6.45, 7) is 1.08. The number of thiophene rings is 1. The summed E-state index contributed by atoms with van der Waals surface area (Å²) in [7, 11) is 4.81. The molecule has 0 aromatic carbocycles. The van der Waals surface area contributed by atoms with Gasteiger partial charge in [-0.05, 0) is 15.9 Å². The first-order chi connectivity index (χ1) is 8.45. The van der Waals surface area contributed by atoms with E-state index in [0.717, 1.165) is 14.9 Å². The molecule has 98 valence electrons. The van der Waals surface area contributed by atoms with Crippen molar-refractivity contribution < 1.29 is 14.3 Å². The van der Waals surface area contributed by atoms with Crippen LogP contribution in [0.2, 0.25) is 0 Å². The van der Waals surface area contributed by atoms with Crippen molar-refractivity contribution >= 4 is 39.3 Å². The molecule has 1 aromatic rings. The molecule has 0 aliphatic carbocycles. The van der Waals surface area contributed by atoms with Crippen LogP contribution in [0.5, 0.6) is 0 Å². The molecule has 0 spiro atoms. The van der Waals surface area contributed by atoms with Gasteiger partial charge in [0.25, 0.3) is 0 Å². The number of esters is 1. The zero-order chi connectivity index (χ0) is 13.4. The third-order valence-corrected chi connectivity index (χ3v) is 5.07. The third kappa shape index (κ3) is 2.12. The smallest absolute Gasteiger partial charge is 0.349 e. The summed E-state index contributed by atoms with van der Waals surface area (Å²) in [5, 5.41) is 0. The number of carbonyl (C=O) groups excluding carboxylic acids is 2. The first kappa shape index (κ1) is 13.4. The van der Waals surface area contributed by atoms with Gasteiger partial charge in [-0.15, -0.1) is 11.3 Å². The van der Waals surface area contributed by atoms with Gasteiger partial charge in [0.15, 0.2) is 0 Å². The lowest BCUT2D eigenvalue weighted by Gasteiger charge is -2.20. The average Bonchev–Trinajstić information content (AvgIpc) is 2.87. The van der Waals surface area contributed by atoms with Crippen LogP contribution in [0.4, 0.5) is 4.79 Å². The third-order valence-electron chi connectivity index (χ3n) is 2.73. The normalized spacial score (nSPS) is 13.4. The van der Waals surface area contributed by atoms with Crippen molar-refractivity contribution in [3.05, 3.63) is 19.8 Å². The highest BCUT2D eigenvalue weighted by Gasteiger charge is 2.31. The molecule has 0 atom stereocenters. The molecule has 5 nitrogen and oxygen atoms in total. The summed E-state index contributed by atoms with van der Waals surface area (Å²) in [6, 6.07) is -0.0232. The lowest BCUT2D eigenvalue weighted by atomic mass is 10.3. The van der Waals surface area contributed by atoms with E-state index in [-0.39, 0.29) is 12.0 Å². The largest absolute Gasteiger partial charge is 0.465 e. The summed E-state index contributed by atoms with van der Waals surface area (Å²) in [6.07, 6.45) is 0. The molecule has 0 saturated heterocycles. The van der Waals surface area contributed by atoms with Crippen molar-refractivity contribution in [1.82, 2.24) is 9.80 Å². The van der Waals surface area contributed by atoms with Crippen LogP contribution in [0.3, 0.4) is 0 Å². The molecule has 0 radical (unpaired) electrons. The number of nitrogens with zero attached hydrogens (tertiary/aromatic N) is 2. The van der Waals surface area contributed by atoms with Crippen LogP contribution in [-0.2, 0) is 17.8 Å². The molecule has 7 heteroatoms. The van der Waals surface area contributed by atoms with Gasteiger partial charge in [-0.25, -0.2) is 9.59 Å². The number of hydrogen-bond donors (Lipinski definition) is 0. The highest BCUT2D eigenvalue weighted by Crippen LogP contribution is 2.39. The maximum Gasteiger partial charge on any atom is 0.349 e. The van der Waals surface area contributed by atoms with E-state index < -0.39 is 0 Å². The van der Waals surface area contributed by atoms with Crippen molar-refractivity contribution in [2.24, 2.45) is 0 Å². The molecular formula is C11H13BrN2O3S. The summed E-state index contributed by atoms with van der Waals surface area (Å²) in [5.74, 6) is -0.341. The van der Waals surface area contributed by atoms with Gasteiger partial charge in [-0.2, -0.15) is 0 Å². The van der Waals surface area contributed by atoms with E-state index in [1.165, 1.54) is 18.4 Å². The lowest BCUT2D eigenvalue weighted by molar-refractivity contribution is 0.0605. The maximum atomic E-state index is 11.8. The van der Waals surface area contributed by atoms with Crippen LogP contribution in [0, 0.1) is 0 Å². The number of rotatable bonds is 1.